The van der Waals surface area contributed by atoms with Crippen LogP contribution in [0.3, 0.4) is 0 Å². The Bertz CT molecular complexity index is 753. The van der Waals surface area contributed by atoms with Crippen LogP contribution in [-0.4, -0.2) is 4.98 Å². The first-order valence-corrected chi connectivity index (χ1v) is 7.24. The van der Waals surface area contributed by atoms with Crippen molar-refractivity contribution in [3.63, 3.8) is 0 Å². The minimum absolute atomic E-state index is 1.03. The van der Waals surface area contributed by atoms with E-state index >= 15 is 0 Å². The topological polar surface area (TPSA) is 12.9 Å². The number of benzene rings is 2. The number of rotatable bonds is 2. The van der Waals surface area contributed by atoms with Crippen molar-refractivity contribution in [2.24, 2.45) is 0 Å². The van der Waals surface area contributed by atoms with E-state index in [1.54, 1.807) is 0 Å². The molecule has 0 aliphatic heterocycles. The minimum Gasteiger partial charge on any atom is -0.256 e. The molecule has 1 heterocycles. The molecule has 0 aliphatic rings. The summed E-state index contributed by atoms with van der Waals surface area (Å²) in [5.74, 6) is 0. The van der Waals surface area contributed by atoms with E-state index in [4.69, 9.17) is 0 Å². The lowest BCUT2D eigenvalue weighted by atomic mass is 9.99. The molecule has 1 aromatic heterocycles. The number of hydrogen-bond donors (Lipinski definition) is 0. The summed E-state index contributed by atoms with van der Waals surface area (Å²) in [7, 11) is 0. The summed E-state index contributed by atoms with van der Waals surface area (Å²) >= 11 is 0. The molecule has 1 nitrogen and oxygen atoms in total. The van der Waals surface area contributed by atoms with Crippen molar-refractivity contribution in [1.29, 1.82) is 0 Å². The van der Waals surface area contributed by atoms with Crippen LogP contribution in [-0.2, 0) is 0 Å². The van der Waals surface area contributed by atoms with Gasteiger partial charge in [-0.15, -0.1) is 0 Å². The summed E-state index contributed by atoms with van der Waals surface area (Å²) in [5, 5.41) is 0. The van der Waals surface area contributed by atoms with Crippen molar-refractivity contribution in [3.05, 3.63) is 77.5 Å². The third-order valence-electron chi connectivity index (χ3n) is 3.82. The Kier molecular flexibility index (Phi) is 3.57. The zero-order valence-corrected chi connectivity index (χ0v) is 12.7. The molecular formula is C20H19N. The first-order chi connectivity index (χ1) is 10.1. The number of aryl methyl sites for hydroxylation is 3. The smallest absolute Gasteiger partial charge is 0.0705 e. The van der Waals surface area contributed by atoms with Crippen molar-refractivity contribution in [3.8, 4) is 22.4 Å². The molecule has 104 valence electrons. The van der Waals surface area contributed by atoms with Gasteiger partial charge in [-0.3, -0.25) is 4.98 Å². The molecule has 0 fully saturated rings. The van der Waals surface area contributed by atoms with Gasteiger partial charge in [0.05, 0.1) is 5.69 Å². The molecule has 2 aromatic carbocycles. The predicted molar refractivity (Wildman–Crippen MR) is 89.3 cm³/mol. The highest BCUT2D eigenvalue weighted by Gasteiger charge is 2.05. The van der Waals surface area contributed by atoms with Gasteiger partial charge in [0.1, 0.15) is 0 Å². The average molecular weight is 273 g/mol. The van der Waals surface area contributed by atoms with Gasteiger partial charge in [0.15, 0.2) is 0 Å². The Morgan fingerprint density at radius 3 is 1.71 bits per heavy atom. The van der Waals surface area contributed by atoms with Gasteiger partial charge in [-0.25, -0.2) is 0 Å². The van der Waals surface area contributed by atoms with Crippen LogP contribution in [0, 0.1) is 20.8 Å². The SMILES string of the molecule is Cc1ccc(-c2cc(C)c(-c3ccc(C)cc3)cn2)cc1. The van der Waals surface area contributed by atoms with Gasteiger partial charge in [0.25, 0.3) is 0 Å². The van der Waals surface area contributed by atoms with Crippen molar-refractivity contribution in [2.75, 3.05) is 0 Å². The summed E-state index contributed by atoms with van der Waals surface area (Å²) in [5.41, 5.74) is 8.42. The second-order valence-electron chi connectivity index (χ2n) is 5.62. The molecule has 3 rings (SSSR count). The van der Waals surface area contributed by atoms with Gasteiger partial charge >= 0.3 is 0 Å². The Balaban J connectivity index is 1.99. The maximum Gasteiger partial charge on any atom is 0.0705 e. The molecule has 0 aliphatic carbocycles. The standard InChI is InChI=1S/C20H19N/c1-14-4-8-17(9-5-14)19-13-21-20(12-16(19)3)18-10-6-15(2)7-11-18/h4-13H,1-3H3. The number of aromatic nitrogens is 1. The summed E-state index contributed by atoms with van der Waals surface area (Å²) in [6, 6.07) is 19.3. The molecule has 0 bridgehead atoms. The first-order valence-electron chi connectivity index (χ1n) is 7.24. The van der Waals surface area contributed by atoms with Gasteiger partial charge in [-0.2, -0.15) is 0 Å². The van der Waals surface area contributed by atoms with E-state index in [9.17, 15) is 0 Å². The van der Waals surface area contributed by atoms with E-state index in [0.717, 1.165) is 5.69 Å². The van der Waals surface area contributed by atoms with Crippen molar-refractivity contribution in [1.82, 2.24) is 4.98 Å². The van der Waals surface area contributed by atoms with Crippen LogP contribution in [0.15, 0.2) is 60.8 Å². The fourth-order valence-corrected chi connectivity index (χ4v) is 2.47. The van der Waals surface area contributed by atoms with Crippen molar-refractivity contribution in [2.45, 2.75) is 20.8 Å². The molecule has 3 aromatic rings. The molecular weight excluding hydrogens is 254 g/mol. The second-order valence-corrected chi connectivity index (χ2v) is 5.62. The van der Waals surface area contributed by atoms with Crippen molar-refractivity contribution >= 4 is 0 Å². The number of pyridine rings is 1. The molecule has 0 unspecified atom stereocenters. The summed E-state index contributed by atoms with van der Waals surface area (Å²) in [6.45, 7) is 6.35. The second kappa shape index (κ2) is 5.53. The third-order valence-corrected chi connectivity index (χ3v) is 3.82. The van der Waals surface area contributed by atoms with E-state index in [2.05, 4.69) is 80.4 Å². The molecule has 0 saturated heterocycles. The lowest BCUT2D eigenvalue weighted by Gasteiger charge is -2.09. The van der Waals surface area contributed by atoms with Crippen LogP contribution in [0.2, 0.25) is 0 Å². The van der Waals surface area contributed by atoms with Gasteiger partial charge in [-0.05, 0) is 38.0 Å². The quantitative estimate of drug-likeness (QED) is 0.614. The van der Waals surface area contributed by atoms with E-state index in [-0.39, 0.29) is 0 Å². The van der Waals surface area contributed by atoms with Gasteiger partial charge in [0, 0.05) is 17.3 Å². The Morgan fingerprint density at radius 1 is 0.667 bits per heavy atom. The van der Waals surface area contributed by atoms with Crippen LogP contribution >= 0.6 is 0 Å². The molecule has 0 atom stereocenters. The van der Waals surface area contributed by atoms with E-state index in [0.29, 0.717) is 0 Å². The van der Waals surface area contributed by atoms with E-state index in [1.165, 1.54) is 33.4 Å². The lowest BCUT2D eigenvalue weighted by molar-refractivity contribution is 1.28. The third kappa shape index (κ3) is 2.87. The molecule has 0 radical (unpaired) electrons. The van der Waals surface area contributed by atoms with E-state index < -0.39 is 0 Å². The Morgan fingerprint density at radius 2 is 1.19 bits per heavy atom. The summed E-state index contributed by atoms with van der Waals surface area (Å²) in [6.07, 6.45) is 1.98. The first kappa shape index (κ1) is 13.6. The van der Waals surface area contributed by atoms with Crippen LogP contribution in [0.1, 0.15) is 16.7 Å². The molecule has 0 spiro atoms. The fourth-order valence-electron chi connectivity index (χ4n) is 2.47. The molecule has 0 N–H and O–H groups in total. The molecule has 0 saturated carbocycles. The van der Waals surface area contributed by atoms with Gasteiger partial charge < -0.3 is 0 Å². The highest BCUT2D eigenvalue weighted by atomic mass is 14.7. The zero-order chi connectivity index (χ0) is 14.8. The van der Waals surface area contributed by atoms with Gasteiger partial charge in [0.2, 0.25) is 0 Å². The number of nitrogens with zero attached hydrogens (tertiary/aromatic N) is 1. The highest BCUT2D eigenvalue weighted by molar-refractivity contribution is 5.70. The Labute approximate surface area is 126 Å². The molecule has 0 amide bonds. The lowest BCUT2D eigenvalue weighted by Crippen LogP contribution is -1.90. The molecule has 1 heteroatoms. The largest absolute Gasteiger partial charge is 0.256 e. The highest BCUT2D eigenvalue weighted by Crippen LogP contribution is 2.26. The van der Waals surface area contributed by atoms with Crippen LogP contribution in [0.5, 0.6) is 0 Å². The summed E-state index contributed by atoms with van der Waals surface area (Å²) < 4.78 is 0. The minimum atomic E-state index is 1.03. The van der Waals surface area contributed by atoms with Crippen LogP contribution in [0.25, 0.3) is 22.4 Å². The maximum atomic E-state index is 4.64. The van der Waals surface area contributed by atoms with Crippen molar-refractivity contribution < 1.29 is 0 Å². The van der Waals surface area contributed by atoms with Crippen LogP contribution in [0.4, 0.5) is 0 Å². The van der Waals surface area contributed by atoms with Crippen LogP contribution < -0.4 is 0 Å². The average Bonchev–Trinajstić information content (AvgIpc) is 2.49. The Hall–Kier alpha value is -2.41. The predicted octanol–water partition coefficient (Wildman–Crippen LogP) is 5.34. The van der Waals surface area contributed by atoms with E-state index in [1.807, 2.05) is 6.20 Å². The van der Waals surface area contributed by atoms with Gasteiger partial charge in [-0.1, -0.05) is 59.7 Å². The zero-order valence-electron chi connectivity index (χ0n) is 12.7. The normalized spacial score (nSPS) is 10.6. The summed E-state index contributed by atoms with van der Waals surface area (Å²) in [4.78, 5) is 4.64. The maximum absolute atomic E-state index is 4.64. The number of hydrogen-bond acceptors (Lipinski definition) is 1. The monoisotopic (exact) mass is 273 g/mol. The molecule has 21 heavy (non-hydrogen) atoms. The fraction of sp³-hybridized carbons (Fsp3) is 0.150.